The van der Waals surface area contributed by atoms with Crippen LogP contribution in [-0.4, -0.2) is 46.7 Å². The molecule has 0 amide bonds. The number of nitrogens with one attached hydrogen (secondary N) is 1. The molecular formula is C18H16ClF4N2O8PS3. The average Bonchev–Trinajstić information content (AvgIpc) is 3.14. The molecule has 1 aromatic heterocycles. The van der Waals surface area contributed by atoms with Crippen molar-refractivity contribution < 1.29 is 53.1 Å². The maximum atomic E-state index is 15.4. The number of hydrogen-bond acceptors (Lipinski definition) is 9. The number of nitrogens with two attached hydrogens (primary N) is 1. The van der Waals surface area contributed by atoms with Crippen molar-refractivity contribution in [2.24, 2.45) is 5.73 Å². The van der Waals surface area contributed by atoms with E-state index < -0.39 is 81.6 Å². The molecular weight excluding hydrogens is 611 g/mol. The largest absolute Gasteiger partial charge is 0.502 e. The first-order valence-electron chi connectivity index (χ1n) is 9.66. The molecule has 4 N–H and O–H groups in total. The van der Waals surface area contributed by atoms with Crippen LogP contribution >= 0.6 is 30.5 Å². The monoisotopic (exact) mass is 626 g/mol. The summed E-state index contributed by atoms with van der Waals surface area (Å²) in [5, 5.41) is -1.80. The number of halogens is 5. The Morgan fingerprint density at radius 1 is 1.16 bits per heavy atom. The molecule has 0 saturated heterocycles. The fourth-order valence-electron chi connectivity index (χ4n) is 2.87. The predicted octanol–water partition coefficient (Wildman–Crippen LogP) is 3.83. The minimum absolute atomic E-state index is 0.00388. The molecule has 37 heavy (non-hydrogen) atoms. The van der Waals surface area contributed by atoms with Gasteiger partial charge in [0.1, 0.15) is 29.3 Å². The first kappa shape index (κ1) is 29.6. The molecule has 0 aliphatic heterocycles. The molecule has 0 radical (unpaired) electrons. The second-order valence-corrected chi connectivity index (χ2v) is 14.1. The number of ether oxygens (including phenoxy) is 1. The van der Waals surface area contributed by atoms with E-state index in [2.05, 4.69) is 0 Å². The minimum atomic E-state index is -6.28. The van der Waals surface area contributed by atoms with E-state index >= 15 is 4.39 Å². The molecule has 1 unspecified atom stereocenters. The van der Waals surface area contributed by atoms with Gasteiger partial charge in [-0.25, -0.2) is 25.8 Å². The van der Waals surface area contributed by atoms with Gasteiger partial charge < -0.3 is 19.9 Å². The summed E-state index contributed by atoms with van der Waals surface area (Å²) >= 11 is 5.99. The van der Waals surface area contributed by atoms with Gasteiger partial charge in [0, 0.05) is 12.6 Å². The first-order valence-corrected chi connectivity index (χ1v) is 15.6. The van der Waals surface area contributed by atoms with Gasteiger partial charge in [0.15, 0.2) is 10.0 Å². The summed E-state index contributed by atoms with van der Waals surface area (Å²) < 4.78 is 128. The van der Waals surface area contributed by atoms with Gasteiger partial charge in [-0.05, 0) is 12.1 Å². The fourth-order valence-corrected chi connectivity index (χ4v) is 8.33. The summed E-state index contributed by atoms with van der Waals surface area (Å²) in [7, 11) is -16.0. The molecule has 10 nitrogen and oxygen atoms in total. The van der Waals surface area contributed by atoms with Crippen LogP contribution in [0.25, 0.3) is 10.1 Å². The van der Waals surface area contributed by atoms with E-state index in [1.807, 2.05) is 0 Å². The lowest BCUT2D eigenvalue weighted by Crippen LogP contribution is -2.26. The van der Waals surface area contributed by atoms with Crippen molar-refractivity contribution in [2.75, 3.05) is 19.4 Å². The third-order valence-corrected chi connectivity index (χ3v) is 10.7. The Morgan fingerprint density at radius 3 is 2.35 bits per heavy atom. The van der Waals surface area contributed by atoms with Gasteiger partial charge >= 0.3 is 13.1 Å². The topological polar surface area (TPSA) is 162 Å². The molecule has 0 aliphatic rings. The number of fused-ring (bicyclic) bond motifs is 1. The molecule has 3 rings (SSSR count). The third-order valence-electron chi connectivity index (χ3n) is 4.38. The van der Waals surface area contributed by atoms with Crippen molar-refractivity contribution in [1.29, 1.82) is 0 Å². The number of hydrogen-bond donors (Lipinski definition) is 3. The van der Waals surface area contributed by atoms with E-state index in [1.165, 1.54) is 24.3 Å². The smallest absolute Gasteiger partial charge is 0.491 e. The Morgan fingerprint density at radius 2 is 1.78 bits per heavy atom. The average molecular weight is 627 g/mol. The van der Waals surface area contributed by atoms with Gasteiger partial charge in [-0.3, -0.25) is 0 Å². The summed E-state index contributed by atoms with van der Waals surface area (Å²) in [5.74, 6) is -2.98. The van der Waals surface area contributed by atoms with Gasteiger partial charge in [0.25, 0.3) is 19.9 Å². The highest BCUT2D eigenvalue weighted by Crippen LogP contribution is 2.48. The van der Waals surface area contributed by atoms with Crippen LogP contribution in [0, 0.1) is 5.82 Å². The van der Waals surface area contributed by atoms with Crippen molar-refractivity contribution in [3.63, 3.8) is 0 Å². The van der Waals surface area contributed by atoms with Crippen LogP contribution in [0.15, 0.2) is 45.5 Å². The van der Waals surface area contributed by atoms with Crippen LogP contribution in [0.5, 0.6) is 11.5 Å². The zero-order valence-corrected chi connectivity index (χ0v) is 22.1. The molecule has 3 aromatic rings. The number of thiophene rings is 1. The van der Waals surface area contributed by atoms with E-state index in [0.29, 0.717) is 6.07 Å². The maximum absolute atomic E-state index is 15.4. The van der Waals surface area contributed by atoms with E-state index in [9.17, 15) is 39.5 Å². The van der Waals surface area contributed by atoms with Crippen molar-refractivity contribution in [1.82, 2.24) is 4.72 Å². The van der Waals surface area contributed by atoms with Gasteiger partial charge in [-0.2, -0.15) is 17.9 Å². The van der Waals surface area contributed by atoms with Crippen LogP contribution in [0.4, 0.5) is 17.6 Å². The lowest BCUT2D eigenvalue weighted by molar-refractivity contribution is -0.0436. The number of para-hydroxylation sites is 1. The number of alkyl halides is 3. The van der Waals surface area contributed by atoms with Gasteiger partial charge in [0.2, 0.25) is 0 Å². The molecule has 0 bridgehead atoms. The zero-order chi connectivity index (χ0) is 27.8. The maximum Gasteiger partial charge on any atom is 0.502 e. The van der Waals surface area contributed by atoms with E-state index in [0.717, 1.165) is 0 Å². The summed E-state index contributed by atoms with van der Waals surface area (Å²) in [5.41, 5.74) is -0.681. The molecule has 1 heterocycles. The van der Waals surface area contributed by atoms with Gasteiger partial charge in [-0.1, -0.05) is 29.8 Å². The molecule has 0 saturated carbocycles. The Balaban J connectivity index is 2.12. The molecule has 0 fully saturated rings. The summed E-state index contributed by atoms with van der Waals surface area (Å²) in [6.07, 6.45) is -1.26. The van der Waals surface area contributed by atoms with Crippen LogP contribution < -0.4 is 19.7 Å². The summed E-state index contributed by atoms with van der Waals surface area (Å²) in [6.45, 7) is -0.739. The lowest BCUT2D eigenvalue weighted by atomic mass is 10.2. The van der Waals surface area contributed by atoms with Crippen LogP contribution in [-0.2, 0) is 24.4 Å². The molecule has 2 aromatic carbocycles. The van der Waals surface area contributed by atoms with Crippen molar-refractivity contribution in [3.05, 3.63) is 47.2 Å². The SMILES string of the molecule is NCCOc1cc(Cl)c2sc(S(=O)(=O)NCP(=O)(O)Oc3ccccc3)c(F)c2c1S(=O)(=O)C(F)(F)F. The molecule has 19 heteroatoms. The van der Waals surface area contributed by atoms with E-state index in [4.69, 9.17) is 26.6 Å². The second-order valence-electron chi connectivity index (χ2n) is 7.03. The highest BCUT2D eigenvalue weighted by molar-refractivity contribution is 7.93. The number of sulfonamides is 1. The highest BCUT2D eigenvalue weighted by atomic mass is 35.5. The number of sulfone groups is 1. The zero-order valence-electron chi connectivity index (χ0n) is 18.0. The van der Waals surface area contributed by atoms with Crippen LogP contribution in [0.3, 0.4) is 0 Å². The first-order chi connectivity index (χ1) is 17.0. The third kappa shape index (κ3) is 6.20. The summed E-state index contributed by atoms with van der Waals surface area (Å²) in [4.78, 5) is 8.26. The Hall–Kier alpha value is -1.98. The van der Waals surface area contributed by atoms with Crippen molar-refractivity contribution in [3.8, 4) is 11.5 Å². The van der Waals surface area contributed by atoms with Gasteiger partial charge in [0.05, 0.1) is 15.1 Å². The summed E-state index contributed by atoms with van der Waals surface area (Å²) in [6, 6.07) is 7.78. The Labute approximate surface area is 216 Å². The molecule has 0 spiro atoms. The molecule has 1 atom stereocenters. The second kappa shape index (κ2) is 10.6. The van der Waals surface area contributed by atoms with Gasteiger partial charge in [-0.15, -0.1) is 11.3 Å². The minimum Gasteiger partial charge on any atom is -0.491 e. The highest BCUT2D eigenvalue weighted by Gasteiger charge is 2.50. The number of benzene rings is 2. The Bertz CT molecular complexity index is 1580. The van der Waals surface area contributed by atoms with Crippen LogP contribution in [0.2, 0.25) is 5.02 Å². The quantitative estimate of drug-likeness (QED) is 0.224. The Kier molecular flexibility index (Phi) is 8.51. The molecule has 0 aliphatic carbocycles. The predicted molar refractivity (Wildman–Crippen MR) is 127 cm³/mol. The van der Waals surface area contributed by atoms with E-state index in [-0.39, 0.29) is 23.6 Å². The van der Waals surface area contributed by atoms with Crippen molar-refractivity contribution >= 4 is 60.5 Å². The van der Waals surface area contributed by atoms with Crippen LogP contribution in [0.1, 0.15) is 0 Å². The normalized spacial score (nSPS) is 14.5. The fraction of sp³-hybridized carbons (Fsp3) is 0.222. The lowest BCUT2D eigenvalue weighted by Gasteiger charge is -2.15. The standard InChI is InChI=1S/C18H16ClF4N2O8PS3/c19-11-8-12(32-7-6-24)16(36(28,29)18(21,22)23)13-14(20)17(35-15(11)13)37(30,31)25-9-34(26,27)33-10-4-2-1-3-5-10/h1-5,8,25H,6-7,9,24H2,(H,26,27). The number of rotatable bonds is 10. The van der Waals surface area contributed by atoms with Crippen molar-refractivity contribution in [2.45, 2.75) is 14.6 Å². The van der Waals surface area contributed by atoms with E-state index in [1.54, 1.807) is 10.8 Å². The molecule has 204 valence electrons.